The van der Waals surface area contributed by atoms with Crippen LogP contribution < -0.4 is 4.74 Å². The van der Waals surface area contributed by atoms with Crippen LogP contribution in [0.5, 0.6) is 5.75 Å². The van der Waals surface area contributed by atoms with Crippen LogP contribution in [0, 0.1) is 10.1 Å². The number of para-hydroxylation sites is 1. The monoisotopic (exact) mass is 326 g/mol. The zero-order valence-electron chi connectivity index (χ0n) is 14.0. The average Bonchev–Trinajstić information content (AvgIpc) is 2.99. The molecule has 0 saturated heterocycles. The quantitative estimate of drug-likeness (QED) is 0.514. The van der Waals surface area contributed by atoms with Gasteiger partial charge in [-0.15, -0.1) is 0 Å². The third-order valence-electron chi connectivity index (χ3n) is 3.76. The second-order valence-electron chi connectivity index (χ2n) is 6.54. The standard InChI is InChI=1S/C18H18N2O4/c1-18(2,3)17-19-15-12(9-10-14(23-4)16(15)24-17)11-7-5-6-8-13(11)20(21)22/h5-10H,1-4H3. The van der Waals surface area contributed by atoms with Gasteiger partial charge in [0.05, 0.1) is 17.6 Å². The first kappa shape index (κ1) is 16.0. The molecule has 0 N–H and O–H groups in total. The van der Waals surface area contributed by atoms with Gasteiger partial charge in [-0.2, -0.15) is 0 Å². The third kappa shape index (κ3) is 2.60. The maximum Gasteiger partial charge on any atom is 0.277 e. The maximum atomic E-state index is 11.4. The second-order valence-corrected chi connectivity index (χ2v) is 6.54. The van der Waals surface area contributed by atoms with Crippen molar-refractivity contribution in [2.24, 2.45) is 0 Å². The van der Waals surface area contributed by atoms with Crippen molar-refractivity contribution in [3.8, 4) is 16.9 Å². The molecule has 0 amide bonds. The summed E-state index contributed by atoms with van der Waals surface area (Å²) in [4.78, 5) is 15.6. The Morgan fingerprint density at radius 3 is 2.46 bits per heavy atom. The number of methoxy groups -OCH3 is 1. The molecule has 6 heteroatoms. The normalized spacial score (nSPS) is 11.7. The molecule has 2 aromatic carbocycles. The Bertz CT molecular complexity index is 922. The van der Waals surface area contributed by atoms with Crippen molar-refractivity contribution < 1.29 is 14.1 Å². The summed E-state index contributed by atoms with van der Waals surface area (Å²) in [6.07, 6.45) is 0. The lowest BCUT2D eigenvalue weighted by Gasteiger charge is -2.11. The first-order valence-electron chi connectivity index (χ1n) is 7.54. The zero-order chi connectivity index (χ0) is 17.5. The van der Waals surface area contributed by atoms with Gasteiger partial charge >= 0.3 is 0 Å². The molecule has 24 heavy (non-hydrogen) atoms. The van der Waals surface area contributed by atoms with E-state index in [0.717, 1.165) is 0 Å². The summed E-state index contributed by atoms with van der Waals surface area (Å²) in [7, 11) is 1.55. The molecule has 0 aliphatic carbocycles. The van der Waals surface area contributed by atoms with E-state index in [1.54, 1.807) is 37.4 Å². The lowest BCUT2D eigenvalue weighted by Crippen LogP contribution is -2.11. The molecular formula is C18H18N2O4. The Labute approximate surface area is 139 Å². The van der Waals surface area contributed by atoms with Gasteiger partial charge in [-0.3, -0.25) is 10.1 Å². The lowest BCUT2D eigenvalue weighted by molar-refractivity contribution is -0.384. The van der Waals surface area contributed by atoms with Crippen LogP contribution in [0.4, 0.5) is 5.69 Å². The summed E-state index contributed by atoms with van der Waals surface area (Å²) >= 11 is 0. The van der Waals surface area contributed by atoms with E-state index in [9.17, 15) is 10.1 Å². The summed E-state index contributed by atoms with van der Waals surface area (Å²) in [6.45, 7) is 5.98. The molecule has 1 heterocycles. The number of aromatic nitrogens is 1. The molecule has 0 fully saturated rings. The molecule has 0 spiro atoms. The van der Waals surface area contributed by atoms with Gasteiger partial charge in [0.2, 0.25) is 5.89 Å². The Balaban J connectivity index is 2.34. The summed E-state index contributed by atoms with van der Waals surface area (Å²) in [6, 6.07) is 10.1. The van der Waals surface area contributed by atoms with E-state index in [-0.39, 0.29) is 11.1 Å². The van der Waals surface area contributed by atoms with Crippen LogP contribution in [0.1, 0.15) is 26.7 Å². The SMILES string of the molecule is COc1ccc(-c2ccccc2[N+](=O)[O-])c2nc(C(C)(C)C)oc12. The van der Waals surface area contributed by atoms with Crippen LogP contribution in [0.15, 0.2) is 40.8 Å². The molecule has 0 bridgehead atoms. The molecule has 0 aliphatic rings. The fourth-order valence-corrected chi connectivity index (χ4v) is 2.54. The molecule has 0 radical (unpaired) electrons. The van der Waals surface area contributed by atoms with Crippen LogP contribution in [0.3, 0.4) is 0 Å². The fourth-order valence-electron chi connectivity index (χ4n) is 2.54. The van der Waals surface area contributed by atoms with Gasteiger partial charge in [0.1, 0.15) is 5.52 Å². The van der Waals surface area contributed by atoms with Gasteiger partial charge in [0, 0.05) is 17.0 Å². The Kier molecular flexibility index (Phi) is 3.75. The van der Waals surface area contributed by atoms with Crippen molar-refractivity contribution >= 4 is 16.8 Å². The van der Waals surface area contributed by atoms with Crippen molar-refractivity contribution in [1.29, 1.82) is 0 Å². The van der Waals surface area contributed by atoms with Crippen LogP contribution in [-0.4, -0.2) is 17.0 Å². The van der Waals surface area contributed by atoms with E-state index < -0.39 is 4.92 Å². The number of nitro groups is 1. The number of nitrogens with zero attached hydrogens (tertiary/aromatic N) is 2. The third-order valence-corrected chi connectivity index (χ3v) is 3.76. The summed E-state index contributed by atoms with van der Waals surface area (Å²) in [5, 5.41) is 11.4. The number of ether oxygens (including phenoxy) is 1. The van der Waals surface area contributed by atoms with Gasteiger partial charge in [-0.1, -0.05) is 32.9 Å². The number of rotatable bonds is 3. The van der Waals surface area contributed by atoms with Gasteiger partial charge < -0.3 is 9.15 Å². The summed E-state index contributed by atoms with van der Waals surface area (Å²) in [5.41, 5.74) is 1.96. The molecule has 124 valence electrons. The van der Waals surface area contributed by atoms with E-state index in [4.69, 9.17) is 9.15 Å². The molecule has 0 saturated carbocycles. The van der Waals surface area contributed by atoms with Crippen molar-refractivity contribution in [3.63, 3.8) is 0 Å². The fraction of sp³-hybridized carbons (Fsp3) is 0.278. The second kappa shape index (κ2) is 5.63. The molecule has 6 nitrogen and oxygen atoms in total. The van der Waals surface area contributed by atoms with Crippen molar-refractivity contribution in [3.05, 3.63) is 52.4 Å². The maximum absolute atomic E-state index is 11.4. The van der Waals surface area contributed by atoms with E-state index in [1.807, 2.05) is 20.8 Å². The van der Waals surface area contributed by atoms with Crippen LogP contribution >= 0.6 is 0 Å². The van der Waals surface area contributed by atoms with Crippen LogP contribution in [0.2, 0.25) is 0 Å². The molecule has 0 atom stereocenters. The molecular weight excluding hydrogens is 308 g/mol. The van der Waals surface area contributed by atoms with E-state index in [0.29, 0.717) is 33.9 Å². The minimum absolute atomic E-state index is 0.0317. The van der Waals surface area contributed by atoms with E-state index >= 15 is 0 Å². The minimum atomic E-state index is -0.393. The number of benzene rings is 2. The molecule has 1 aromatic heterocycles. The first-order chi connectivity index (χ1) is 11.3. The van der Waals surface area contributed by atoms with Crippen molar-refractivity contribution in [1.82, 2.24) is 4.98 Å². The highest BCUT2D eigenvalue weighted by Gasteiger charge is 2.26. The Morgan fingerprint density at radius 1 is 1.12 bits per heavy atom. The number of nitro benzene ring substituents is 1. The van der Waals surface area contributed by atoms with Gasteiger partial charge in [-0.05, 0) is 18.2 Å². The molecule has 3 rings (SSSR count). The number of hydrogen-bond donors (Lipinski definition) is 0. The highest BCUT2D eigenvalue weighted by Crippen LogP contribution is 2.39. The largest absolute Gasteiger partial charge is 0.493 e. The predicted molar refractivity (Wildman–Crippen MR) is 91.4 cm³/mol. The van der Waals surface area contributed by atoms with Gasteiger partial charge in [-0.25, -0.2) is 4.98 Å². The average molecular weight is 326 g/mol. The first-order valence-corrected chi connectivity index (χ1v) is 7.54. The van der Waals surface area contributed by atoms with E-state index in [2.05, 4.69) is 4.98 Å². The van der Waals surface area contributed by atoms with Gasteiger partial charge in [0.15, 0.2) is 11.3 Å². The van der Waals surface area contributed by atoms with Crippen LogP contribution in [0.25, 0.3) is 22.2 Å². The van der Waals surface area contributed by atoms with Crippen molar-refractivity contribution in [2.75, 3.05) is 7.11 Å². The number of fused-ring (bicyclic) bond motifs is 1. The van der Waals surface area contributed by atoms with Crippen LogP contribution in [-0.2, 0) is 5.41 Å². The number of oxazole rings is 1. The highest BCUT2D eigenvalue weighted by atomic mass is 16.6. The topological polar surface area (TPSA) is 78.4 Å². The lowest BCUT2D eigenvalue weighted by atomic mass is 9.97. The van der Waals surface area contributed by atoms with E-state index in [1.165, 1.54) is 6.07 Å². The highest BCUT2D eigenvalue weighted by molar-refractivity contribution is 5.96. The zero-order valence-corrected chi connectivity index (χ0v) is 14.0. The Morgan fingerprint density at radius 2 is 1.83 bits per heavy atom. The summed E-state index contributed by atoms with van der Waals surface area (Å²) in [5.74, 6) is 1.11. The number of hydrogen-bond acceptors (Lipinski definition) is 5. The van der Waals surface area contributed by atoms with Gasteiger partial charge in [0.25, 0.3) is 5.69 Å². The molecule has 3 aromatic rings. The summed E-state index contributed by atoms with van der Waals surface area (Å²) < 4.78 is 11.3. The predicted octanol–water partition coefficient (Wildman–Crippen LogP) is 4.71. The molecule has 0 unspecified atom stereocenters. The Hall–Kier alpha value is -2.89. The smallest absolute Gasteiger partial charge is 0.277 e. The molecule has 0 aliphatic heterocycles. The minimum Gasteiger partial charge on any atom is -0.493 e. The van der Waals surface area contributed by atoms with Crippen molar-refractivity contribution in [2.45, 2.75) is 26.2 Å².